The van der Waals surface area contributed by atoms with Gasteiger partial charge in [-0.05, 0) is 61.2 Å². The summed E-state index contributed by atoms with van der Waals surface area (Å²) in [6.45, 7) is 6.37. The highest BCUT2D eigenvalue weighted by molar-refractivity contribution is 6.31. The van der Waals surface area contributed by atoms with E-state index in [0.29, 0.717) is 30.3 Å². The Morgan fingerprint density at radius 1 is 0.971 bits per heavy atom. The summed E-state index contributed by atoms with van der Waals surface area (Å²) in [4.78, 5) is 28.3. The van der Waals surface area contributed by atoms with Crippen LogP contribution in [0.1, 0.15) is 29.2 Å². The zero-order valence-electron chi connectivity index (χ0n) is 19.9. The molecule has 5 nitrogen and oxygen atoms in total. The molecule has 0 aliphatic rings. The molecule has 3 rings (SSSR count). The number of ether oxygens (including phenoxy) is 1. The van der Waals surface area contributed by atoms with Gasteiger partial charge in [-0.25, -0.2) is 0 Å². The number of rotatable bonds is 10. The number of nitrogens with one attached hydrogen (secondary N) is 1. The summed E-state index contributed by atoms with van der Waals surface area (Å²) in [5, 5.41) is 3.54. The predicted octanol–water partition coefficient (Wildman–Crippen LogP) is 5.11. The van der Waals surface area contributed by atoms with Crippen molar-refractivity contribution in [1.29, 1.82) is 0 Å². The molecule has 0 saturated carbocycles. The fraction of sp³-hybridized carbons (Fsp3) is 0.286. The molecule has 3 aromatic rings. The minimum atomic E-state index is -0.676. The average Bonchev–Trinajstić information content (AvgIpc) is 2.83. The van der Waals surface area contributed by atoms with Gasteiger partial charge in [0.05, 0.1) is 0 Å². The molecule has 0 radical (unpaired) electrons. The number of halogens is 1. The van der Waals surface area contributed by atoms with Crippen molar-refractivity contribution >= 4 is 23.4 Å². The van der Waals surface area contributed by atoms with E-state index < -0.39 is 6.04 Å². The summed E-state index contributed by atoms with van der Waals surface area (Å²) in [6.07, 6.45) is 0.407. The molecular weight excluding hydrogens is 448 g/mol. The number of amides is 2. The number of carbonyl (C=O) groups is 2. The number of hydrogen-bond donors (Lipinski definition) is 1. The van der Waals surface area contributed by atoms with Crippen molar-refractivity contribution in [2.75, 3.05) is 13.2 Å². The molecule has 1 atom stereocenters. The Hall–Kier alpha value is -3.31. The Bertz CT molecular complexity index is 1120. The first-order valence-electron chi connectivity index (χ1n) is 11.4. The SMILES string of the molecule is CCNC(=O)C(Cc1ccccc1)N(Cc1ccccc1C)C(=O)COc1ccc(Cl)c(C)c1. The standard InChI is InChI=1S/C28H31ClN2O3/c1-4-30-28(33)26(17-22-11-6-5-7-12-22)31(18-23-13-9-8-10-20(23)2)27(32)19-34-24-14-15-25(29)21(3)16-24/h5-16,26H,4,17-19H2,1-3H3,(H,30,33). The highest BCUT2D eigenvalue weighted by Gasteiger charge is 2.30. The molecule has 178 valence electrons. The van der Waals surface area contributed by atoms with Crippen LogP contribution in [0.5, 0.6) is 5.75 Å². The summed E-state index contributed by atoms with van der Waals surface area (Å²) < 4.78 is 5.81. The van der Waals surface area contributed by atoms with E-state index in [4.69, 9.17) is 16.3 Å². The lowest BCUT2D eigenvalue weighted by Gasteiger charge is -2.31. The van der Waals surface area contributed by atoms with Gasteiger partial charge in [0.2, 0.25) is 5.91 Å². The average molecular weight is 479 g/mol. The van der Waals surface area contributed by atoms with Gasteiger partial charge < -0.3 is 15.0 Å². The summed E-state index contributed by atoms with van der Waals surface area (Å²) >= 11 is 6.11. The van der Waals surface area contributed by atoms with Crippen LogP contribution in [-0.2, 0) is 22.6 Å². The lowest BCUT2D eigenvalue weighted by molar-refractivity contribution is -0.142. The molecule has 2 amide bonds. The second-order valence-corrected chi connectivity index (χ2v) is 8.66. The Morgan fingerprint density at radius 2 is 1.68 bits per heavy atom. The molecule has 34 heavy (non-hydrogen) atoms. The first kappa shape index (κ1) is 25.3. The highest BCUT2D eigenvalue weighted by atomic mass is 35.5. The van der Waals surface area contributed by atoms with Crippen LogP contribution >= 0.6 is 11.6 Å². The van der Waals surface area contributed by atoms with Gasteiger partial charge in [0.1, 0.15) is 11.8 Å². The third-order valence-corrected chi connectivity index (χ3v) is 6.14. The molecule has 1 unspecified atom stereocenters. The first-order valence-corrected chi connectivity index (χ1v) is 11.8. The number of benzene rings is 3. The van der Waals surface area contributed by atoms with Gasteiger partial charge in [-0.1, -0.05) is 66.2 Å². The van der Waals surface area contributed by atoms with Gasteiger partial charge in [-0.2, -0.15) is 0 Å². The van der Waals surface area contributed by atoms with Crippen LogP contribution < -0.4 is 10.1 Å². The molecule has 0 aliphatic carbocycles. The van der Waals surface area contributed by atoms with E-state index in [2.05, 4.69) is 5.32 Å². The minimum absolute atomic E-state index is 0.183. The molecule has 0 spiro atoms. The van der Waals surface area contributed by atoms with Crippen LogP contribution in [0.25, 0.3) is 0 Å². The van der Waals surface area contributed by atoms with E-state index in [1.165, 1.54) is 0 Å². The van der Waals surface area contributed by atoms with Crippen LogP contribution in [0, 0.1) is 13.8 Å². The van der Waals surface area contributed by atoms with E-state index in [1.54, 1.807) is 23.1 Å². The van der Waals surface area contributed by atoms with Crippen molar-refractivity contribution in [3.8, 4) is 5.75 Å². The van der Waals surface area contributed by atoms with Crippen molar-refractivity contribution in [1.82, 2.24) is 10.2 Å². The largest absolute Gasteiger partial charge is 0.484 e. The lowest BCUT2D eigenvalue weighted by Crippen LogP contribution is -2.51. The Kier molecular flexibility index (Phi) is 9.11. The summed E-state index contributed by atoms with van der Waals surface area (Å²) in [5.41, 5.74) is 3.90. The van der Waals surface area contributed by atoms with Gasteiger partial charge in [0.25, 0.3) is 5.91 Å². The van der Waals surface area contributed by atoms with Crippen molar-refractivity contribution in [2.45, 2.75) is 39.8 Å². The number of carbonyl (C=O) groups excluding carboxylic acids is 2. The minimum Gasteiger partial charge on any atom is -0.484 e. The van der Waals surface area contributed by atoms with Crippen LogP contribution in [0.15, 0.2) is 72.8 Å². The summed E-state index contributed by atoms with van der Waals surface area (Å²) in [5.74, 6) is 0.113. The predicted molar refractivity (Wildman–Crippen MR) is 136 cm³/mol. The monoisotopic (exact) mass is 478 g/mol. The molecule has 1 N–H and O–H groups in total. The summed E-state index contributed by atoms with van der Waals surface area (Å²) in [7, 11) is 0. The van der Waals surface area contributed by atoms with Crippen LogP contribution in [0.2, 0.25) is 5.02 Å². The van der Waals surface area contributed by atoms with Crippen molar-refractivity contribution < 1.29 is 14.3 Å². The third kappa shape index (κ3) is 6.84. The zero-order chi connectivity index (χ0) is 24.5. The fourth-order valence-corrected chi connectivity index (χ4v) is 3.87. The molecule has 0 heterocycles. The smallest absolute Gasteiger partial charge is 0.261 e. The lowest BCUT2D eigenvalue weighted by atomic mass is 10.0. The third-order valence-electron chi connectivity index (χ3n) is 5.72. The van der Waals surface area contributed by atoms with Crippen LogP contribution in [-0.4, -0.2) is 35.9 Å². The Balaban J connectivity index is 1.90. The van der Waals surface area contributed by atoms with Gasteiger partial charge in [0.15, 0.2) is 6.61 Å². The maximum absolute atomic E-state index is 13.5. The molecule has 3 aromatic carbocycles. The number of nitrogens with zero attached hydrogens (tertiary/aromatic N) is 1. The van der Waals surface area contributed by atoms with Crippen molar-refractivity contribution in [3.63, 3.8) is 0 Å². The molecule has 0 bridgehead atoms. The molecule has 6 heteroatoms. The second-order valence-electron chi connectivity index (χ2n) is 8.25. The molecule has 0 saturated heterocycles. The van der Waals surface area contributed by atoms with Crippen LogP contribution in [0.3, 0.4) is 0 Å². The van der Waals surface area contributed by atoms with Gasteiger partial charge in [0, 0.05) is 24.5 Å². The first-order chi connectivity index (χ1) is 16.4. The van der Waals surface area contributed by atoms with E-state index in [1.807, 2.05) is 75.4 Å². The van der Waals surface area contributed by atoms with Gasteiger partial charge >= 0.3 is 0 Å². The molecular formula is C28H31ClN2O3. The fourth-order valence-electron chi connectivity index (χ4n) is 3.75. The highest BCUT2D eigenvalue weighted by Crippen LogP contribution is 2.22. The number of likely N-dealkylation sites (N-methyl/N-ethyl adjacent to an activating group) is 1. The number of aryl methyl sites for hydroxylation is 2. The topological polar surface area (TPSA) is 58.6 Å². The van der Waals surface area contributed by atoms with Crippen molar-refractivity contribution in [2.24, 2.45) is 0 Å². The van der Waals surface area contributed by atoms with E-state index >= 15 is 0 Å². The molecule has 0 aliphatic heterocycles. The van der Waals surface area contributed by atoms with Crippen molar-refractivity contribution in [3.05, 3.63) is 100 Å². The normalized spacial score (nSPS) is 11.5. The molecule has 0 aromatic heterocycles. The maximum atomic E-state index is 13.5. The van der Waals surface area contributed by atoms with E-state index in [0.717, 1.165) is 22.3 Å². The van der Waals surface area contributed by atoms with Gasteiger partial charge in [-0.3, -0.25) is 9.59 Å². The Labute approximate surface area is 206 Å². The zero-order valence-corrected chi connectivity index (χ0v) is 20.6. The molecule has 0 fully saturated rings. The van der Waals surface area contributed by atoms with Crippen LogP contribution in [0.4, 0.5) is 0 Å². The van der Waals surface area contributed by atoms with E-state index in [9.17, 15) is 9.59 Å². The van der Waals surface area contributed by atoms with E-state index in [-0.39, 0.29) is 18.4 Å². The second kappa shape index (κ2) is 12.2. The summed E-state index contributed by atoms with van der Waals surface area (Å²) in [6, 6.07) is 22.2. The number of hydrogen-bond acceptors (Lipinski definition) is 3. The Morgan fingerprint density at radius 3 is 2.35 bits per heavy atom. The quantitative estimate of drug-likeness (QED) is 0.440. The van der Waals surface area contributed by atoms with Gasteiger partial charge in [-0.15, -0.1) is 0 Å². The maximum Gasteiger partial charge on any atom is 0.261 e.